The van der Waals surface area contributed by atoms with Gasteiger partial charge in [0.25, 0.3) is 5.91 Å². The monoisotopic (exact) mass is 374 g/mol. The largest absolute Gasteiger partial charge is 0.355 e. The van der Waals surface area contributed by atoms with Crippen molar-refractivity contribution >= 4 is 11.8 Å². The van der Waals surface area contributed by atoms with Crippen LogP contribution in [0.2, 0.25) is 0 Å². The third-order valence-corrected chi connectivity index (χ3v) is 4.49. The molecular formula is C19H23FN4O3. The fraction of sp³-hybridized carbons (Fsp3) is 0.421. The van der Waals surface area contributed by atoms with E-state index in [1.54, 1.807) is 23.1 Å². The van der Waals surface area contributed by atoms with Crippen molar-refractivity contribution < 1.29 is 18.5 Å². The summed E-state index contributed by atoms with van der Waals surface area (Å²) < 4.78 is 19.0. The maximum Gasteiger partial charge on any atom is 0.276 e. The van der Waals surface area contributed by atoms with E-state index in [2.05, 4.69) is 10.5 Å². The van der Waals surface area contributed by atoms with Crippen molar-refractivity contribution in [3.63, 3.8) is 0 Å². The second-order valence-electron chi connectivity index (χ2n) is 6.43. The molecule has 0 unspecified atom stereocenters. The van der Waals surface area contributed by atoms with Crippen molar-refractivity contribution in [2.75, 3.05) is 39.3 Å². The third-order valence-electron chi connectivity index (χ3n) is 4.49. The number of likely N-dealkylation sites (N-methyl/N-ethyl adjacent to an activating group) is 1. The Morgan fingerprint density at radius 1 is 1.22 bits per heavy atom. The molecule has 0 aliphatic carbocycles. The van der Waals surface area contributed by atoms with Gasteiger partial charge >= 0.3 is 0 Å². The van der Waals surface area contributed by atoms with Gasteiger partial charge in [-0.2, -0.15) is 0 Å². The van der Waals surface area contributed by atoms with E-state index in [-0.39, 0.29) is 28.8 Å². The first-order valence-electron chi connectivity index (χ1n) is 9.08. The zero-order valence-electron chi connectivity index (χ0n) is 15.3. The van der Waals surface area contributed by atoms with E-state index in [0.717, 1.165) is 13.0 Å². The van der Waals surface area contributed by atoms with Crippen LogP contribution < -0.4 is 5.32 Å². The van der Waals surface area contributed by atoms with Crippen molar-refractivity contribution in [1.82, 2.24) is 20.3 Å². The average molecular weight is 374 g/mol. The number of aromatic nitrogens is 1. The number of nitrogens with zero attached hydrogens (tertiary/aromatic N) is 3. The molecule has 1 aliphatic rings. The average Bonchev–Trinajstić information content (AvgIpc) is 3.02. The van der Waals surface area contributed by atoms with Gasteiger partial charge in [0, 0.05) is 38.8 Å². The lowest BCUT2D eigenvalue weighted by Crippen LogP contribution is -2.40. The fourth-order valence-electron chi connectivity index (χ4n) is 3.11. The number of benzene rings is 1. The van der Waals surface area contributed by atoms with E-state index >= 15 is 0 Å². The lowest BCUT2D eigenvalue weighted by atomic mass is 10.1. The minimum atomic E-state index is -0.427. The van der Waals surface area contributed by atoms with Gasteiger partial charge in [-0.3, -0.25) is 14.5 Å². The quantitative estimate of drug-likeness (QED) is 0.863. The minimum absolute atomic E-state index is 0.0108. The maximum absolute atomic E-state index is 13.9. The number of carbonyl (C=O) groups is 2. The smallest absolute Gasteiger partial charge is 0.276 e. The lowest BCUT2D eigenvalue weighted by Gasteiger charge is -2.20. The van der Waals surface area contributed by atoms with Gasteiger partial charge < -0.3 is 14.7 Å². The molecule has 7 nitrogen and oxygen atoms in total. The molecule has 2 amide bonds. The normalized spacial score (nSPS) is 15.4. The zero-order valence-corrected chi connectivity index (χ0v) is 15.3. The van der Waals surface area contributed by atoms with Crippen LogP contribution in [0.15, 0.2) is 34.9 Å². The van der Waals surface area contributed by atoms with E-state index in [1.807, 2.05) is 11.8 Å². The molecule has 0 radical (unpaired) electrons. The van der Waals surface area contributed by atoms with Crippen molar-refractivity contribution in [1.29, 1.82) is 0 Å². The molecule has 1 fully saturated rings. The van der Waals surface area contributed by atoms with Crippen molar-refractivity contribution in [2.24, 2.45) is 0 Å². The lowest BCUT2D eigenvalue weighted by molar-refractivity contribution is -0.122. The van der Waals surface area contributed by atoms with Gasteiger partial charge in [-0.05, 0) is 25.5 Å². The highest BCUT2D eigenvalue weighted by Gasteiger charge is 2.24. The van der Waals surface area contributed by atoms with Crippen LogP contribution in [0.1, 0.15) is 23.8 Å². The summed E-state index contributed by atoms with van der Waals surface area (Å²) in [5.74, 6) is -0.461. The Morgan fingerprint density at radius 2 is 2.04 bits per heavy atom. The van der Waals surface area contributed by atoms with Gasteiger partial charge in [-0.1, -0.05) is 17.3 Å². The standard InChI is InChI=1S/C19H23FN4O3/c1-2-21-18(25)13-23-8-5-9-24(11-10-23)19(26)16-12-17(27-22-16)14-6-3-4-7-15(14)20/h3-4,6-7,12H,2,5,8-11,13H2,1H3,(H,21,25). The summed E-state index contributed by atoms with van der Waals surface area (Å²) in [6.45, 7) is 5.26. The molecule has 1 saturated heterocycles. The van der Waals surface area contributed by atoms with Gasteiger partial charge in [-0.15, -0.1) is 0 Å². The molecule has 8 heteroatoms. The molecule has 0 spiro atoms. The van der Waals surface area contributed by atoms with Crippen LogP contribution in [0.3, 0.4) is 0 Å². The molecule has 2 aromatic rings. The van der Waals surface area contributed by atoms with Crippen LogP contribution in [0.5, 0.6) is 0 Å². The molecule has 1 aliphatic heterocycles. The highest BCUT2D eigenvalue weighted by atomic mass is 19.1. The van der Waals surface area contributed by atoms with Gasteiger partial charge in [0.15, 0.2) is 11.5 Å². The molecule has 0 saturated carbocycles. The number of nitrogens with one attached hydrogen (secondary N) is 1. The second kappa shape index (κ2) is 8.77. The molecule has 3 rings (SSSR count). The molecule has 144 valence electrons. The first-order chi connectivity index (χ1) is 13.1. The van der Waals surface area contributed by atoms with Crippen LogP contribution in [-0.2, 0) is 4.79 Å². The molecule has 0 bridgehead atoms. The molecule has 27 heavy (non-hydrogen) atoms. The molecule has 1 aromatic heterocycles. The number of amides is 2. The first kappa shape index (κ1) is 19.0. The van der Waals surface area contributed by atoms with Crippen LogP contribution in [-0.4, -0.2) is 66.0 Å². The second-order valence-corrected chi connectivity index (χ2v) is 6.43. The number of carbonyl (C=O) groups excluding carboxylic acids is 2. The highest BCUT2D eigenvalue weighted by Crippen LogP contribution is 2.23. The van der Waals surface area contributed by atoms with E-state index in [0.29, 0.717) is 32.7 Å². The van der Waals surface area contributed by atoms with Crippen LogP contribution in [0.25, 0.3) is 11.3 Å². The maximum atomic E-state index is 13.9. The fourth-order valence-corrected chi connectivity index (χ4v) is 3.11. The summed E-state index contributed by atoms with van der Waals surface area (Å²) >= 11 is 0. The highest BCUT2D eigenvalue weighted by molar-refractivity contribution is 5.93. The molecule has 1 N–H and O–H groups in total. The Kier molecular flexibility index (Phi) is 6.18. The topological polar surface area (TPSA) is 78.7 Å². The van der Waals surface area contributed by atoms with Crippen LogP contribution in [0.4, 0.5) is 4.39 Å². The number of rotatable bonds is 5. The van der Waals surface area contributed by atoms with Gasteiger partial charge in [0.2, 0.25) is 5.91 Å². The number of halogens is 1. The SMILES string of the molecule is CCNC(=O)CN1CCCN(C(=O)c2cc(-c3ccccc3F)on2)CC1. The Labute approximate surface area is 157 Å². The molecule has 0 atom stereocenters. The van der Waals surface area contributed by atoms with Gasteiger partial charge in [-0.25, -0.2) is 4.39 Å². The van der Waals surface area contributed by atoms with Crippen molar-refractivity contribution in [2.45, 2.75) is 13.3 Å². The molecule has 1 aromatic carbocycles. The Hall–Kier alpha value is -2.74. The predicted molar refractivity (Wildman–Crippen MR) is 97.5 cm³/mol. The summed E-state index contributed by atoms with van der Waals surface area (Å²) in [7, 11) is 0. The Morgan fingerprint density at radius 3 is 2.81 bits per heavy atom. The minimum Gasteiger partial charge on any atom is -0.355 e. The Balaban J connectivity index is 1.63. The van der Waals surface area contributed by atoms with Gasteiger partial charge in [0.1, 0.15) is 5.82 Å². The van der Waals surface area contributed by atoms with Crippen LogP contribution in [0, 0.1) is 5.82 Å². The van der Waals surface area contributed by atoms with Crippen molar-refractivity contribution in [3.8, 4) is 11.3 Å². The van der Waals surface area contributed by atoms with Gasteiger partial charge in [0.05, 0.1) is 12.1 Å². The van der Waals surface area contributed by atoms with Crippen molar-refractivity contribution in [3.05, 3.63) is 41.8 Å². The van der Waals surface area contributed by atoms with E-state index < -0.39 is 5.82 Å². The number of hydrogen-bond acceptors (Lipinski definition) is 5. The molecule has 2 heterocycles. The predicted octanol–water partition coefficient (Wildman–Crippen LogP) is 1.76. The number of hydrogen-bond donors (Lipinski definition) is 1. The van der Waals surface area contributed by atoms with E-state index in [9.17, 15) is 14.0 Å². The van der Waals surface area contributed by atoms with E-state index in [1.165, 1.54) is 12.1 Å². The summed E-state index contributed by atoms with van der Waals surface area (Å²) in [5.41, 5.74) is 0.429. The summed E-state index contributed by atoms with van der Waals surface area (Å²) in [6, 6.07) is 7.66. The molecular weight excluding hydrogens is 351 g/mol. The Bertz CT molecular complexity index is 808. The summed E-state index contributed by atoms with van der Waals surface area (Å²) in [5, 5.41) is 6.60. The van der Waals surface area contributed by atoms with Crippen LogP contribution >= 0.6 is 0 Å². The third kappa shape index (κ3) is 4.71. The zero-order chi connectivity index (χ0) is 19.2. The van der Waals surface area contributed by atoms with E-state index in [4.69, 9.17) is 4.52 Å². The first-order valence-corrected chi connectivity index (χ1v) is 9.08. The summed E-state index contributed by atoms with van der Waals surface area (Å²) in [6.07, 6.45) is 0.767. The summed E-state index contributed by atoms with van der Waals surface area (Å²) in [4.78, 5) is 28.2.